The summed E-state index contributed by atoms with van der Waals surface area (Å²) in [5.41, 5.74) is -2.12. The number of hydrogen-bond acceptors (Lipinski definition) is 16. The number of amides is 4. The molecule has 0 bridgehead atoms. The molecule has 2 aliphatic carbocycles. The lowest BCUT2D eigenvalue weighted by atomic mass is 9.90. The van der Waals surface area contributed by atoms with E-state index >= 15 is 0 Å². The van der Waals surface area contributed by atoms with Crippen molar-refractivity contribution < 1.29 is 57.2 Å². The Labute approximate surface area is 543 Å². The van der Waals surface area contributed by atoms with Crippen LogP contribution in [0.4, 0.5) is 19.2 Å². The zero-order valence-corrected chi connectivity index (χ0v) is 56.7. The fourth-order valence-corrected chi connectivity index (χ4v) is 11.5. The van der Waals surface area contributed by atoms with E-state index in [1.807, 2.05) is 123 Å². The van der Waals surface area contributed by atoms with Gasteiger partial charge in [0, 0.05) is 37.9 Å². The van der Waals surface area contributed by atoms with E-state index < -0.39 is 69.8 Å². The van der Waals surface area contributed by atoms with Crippen molar-refractivity contribution in [3.8, 4) is 11.6 Å². The fraction of sp³-hybridized carbons (Fsp3) is 0.528. The number of carbonyl (C=O) groups excluding carboxylic acids is 6. The summed E-state index contributed by atoms with van der Waals surface area (Å²) in [6.45, 7) is 29.1. The number of imidazole rings is 2. The van der Waals surface area contributed by atoms with Crippen molar-refractivity contribution in [2.24, 2.45) is 23.7 Å². The molecule has 8 rings (SSSR count). The van der Waals surface area contributed by atoms with Crippen LogP contribution in [0.1, 0.15) is 197 Å². The summed E-state index contributed by atoms with van der Waals surface area (Å²) in [6.07, 6.45) is 11.8. The second-order valence-electron chi connectivity index (χ2n) is 28.3. The van der Waals surface area contributed by atoms with Gasteiger partial charge in [0.1, 0.15) is 69.7 Å². The number of imide groups is 2. The first-order chi connectivity index (χ1) is 43.2. The van der Waals surface area contributed by atoms with E-state index in [2.05, 4.69) is 23.8 Å². The zero-order valence-electron chi connectivity index (χ0n) is 56.7. The molecule has 2 fully saturated rings. The summed E-state index contributed by atoms with van der Waals surface area (Å²) in [5.74, 6) is 0.223. The minimum absolute atomic E-state index is 0.0993. The number of rotatable bonds is 22. The molecule has 496 valence electrons. The molecule has 2 aliphatic rings. The van der Waals surface area contributed by atoms with E-state index in [1.54, 1.807) is 117 Å². The first kappa shape index (κ1) is 71.0. The normalized spacial score (nSPS) is 19.1. The quantitative estimate of drug-likeness (QED) is 0.0455. The third kappa shape index (κ3) is 19.3. The van der Waals surface area contributed by atoms with Crippen LogP contribution in [0, 0.1) is 23.7 Å². The zero-order chi connectivity index (χ0) is 67.4. The molecule has 2 saturated carbocycles. The molecule has 4 aromatic heterocycles. The van der Waals surface area contributed by atoms with Crippen LogP contribution in [0.15, 0.2) is 135 Å². The molecule has 8 atom stereocenters. The van der Waals surface area contributed by atoms with E-state index in [0.717, 1.165) is 46.6 Å². The molecular weight excluding hydrogens is 1170 g/mol. The monoisotopic (exact) mass is 1260 g/mol. The molecule has 4 heterocycles. The second kappa shape index (κ2) is 29.9. The minimum atomic E-state index is -0.974. The Morgan fingerprint density at radius 3 is 1.08 bits per heavy atom. The van der Waals surface area contributed by atoms with Crippen molar-refractivity contribution in [1.29, 1.82) is 0 Å². The Kier molecular flexibility index (Phi) is 23.1. The Morgan fingerprint density at radius 1 is 0.478 bits per heavy atom. The maximum absolute atomic E-state index is 14.1. The van der Waals surface area contributed by atoms with Crippen molar-refractivity contribution in [2.45, 2.75) is 208 Å². The van der Waals surface area contributed by atoms with Gasteiger partial charge in [-0.2, -0.15) is 0 Å². The summed E-state index contributed by atoms with van der Waals surface area (Å²) in [4.78, 5) is 102. The minimum Gasteiger partial charge on any atom is -0.457 e. The number of hydrogen-bond donors (Lipinski definition) is 0. The predicted molar refractivity (Wildman–Crippen MR) is 349 cm³/mol. The average Bonchev–Trinajstić information content (AvgIpc) is 1.57. The van der Waals surface area contributed by atoms with Gasteiger partial charge < -0.3 is 28.4 Å². The van der Waals surface area contributed by atoms with Crippen molar-refractivity contribution in [1.82, 2.24) is 38.9 Å². The Morgan fingerprint density at radius 2 is 0.793 bits per heavy atom. The summed E-state index contributed by atoms with van der Waals surface area (Å²) < 4.78 is 38.3. The van der Waals surface area contributed by atoms with Gasteiger partial charge in [-0.05, 0) is 195 Å². The van der Waals surface area contributed by atoms with E-state index in [-0.39, 0.29) is 48.7 Å². The SMILES string of the molecule is CCC[C@H](C[C@@H]1C[C@@]1(C(=O)O[C@H](C)c1ccccc1)c1cn(-c2ccccn2)cn1)CN(C(=O)OC(C)(C)C)C(=O)OC(C)(C)C.CCC[C@H](C[C@H]1C[C@]1(C(=O)O[C@H](C)c1ccccc1)c1cn(-c2ccccn2)cn1)CN(C(=O)OC(C)(C)C)C(=O)OC(C)(C)C. The highest BCUT2D eigenvalue weighted by Crippen LogP contribution is 2.60. The highest BCUT2D eigenvalue weighted by molar-refractivity contribution is 5.90. The van der Waals surface area contributed by atoms with E-state index in [0.29, 0.717) is 48.7 Å². The Balaban J connectivity index is 0.000000261. The Bertz CT molecular complexity index is 3120. The lowest BCUT2D eigenvalue weighted by Crippen LogP contribution is -2.45. The lowest BCUT2D eigenvalue weighted by Gasteiger charge is -2.31. The van der Waals surface area contributed by atoms with Crippen LogP contribution < -0.4 is 0 Å². The van der Waals surface area contributed by atoms with Gasteiger partial charge in [0.05, 0.1) is 11.4 Å². The molecule has 6 aromatic rings. The second-order valence-corrected chi connectivity index (χ2v) is 28.3. The highest BCUT2D eigenvalue weighted by Gasteiger charge is 2.65. The van der Waals surface area contributed by atoms with E-state index in [1.165, 1.54) is 0 Å². The smallest absolute Gasteiger partial charge is 0.419 e. The number of nitrogens with zero attached hydrogens (tertiary/aromatic N) is 8. The molecule has 92 heavy (non-hydrogen) atoms. The van der Waals surface area contributed by atoms with Gasteiger partial charge in [0.25, 0.3) is 0 Å². The van der Waals surface area contributed by atoms with Crippen molar-refractivity contribution in [3.63, 3.8) is 0 Å². The summed E-state index contributed by atoms with van der Waals surface area (Å²) in [7, 11) is 0. The van der Waals surface area contributed by atoms with Gasteiger partial charge in [-0.1, -0.05) is 99.5 Å². The maximum atomic E-state index is 14.1. The first-order valence-electron chi connectivity index (χ1n) is 32.2. The van der Waals surface area contributed by atoms with Gasteiger partial charge in [0.15, 0.2) is 0 Å². The largest absolute Gasteiger partial charge is 0.457 e. The molecule has 2 aromatic carbocycles. The molecular formula is C72H96N8O12. The van der Waals surface area contributed by atoms with Gasteiger partial charge in [-0.15, -0.1) is 0 Å². The predicted octanol–water partition coefficient (Wildman–Crippen LogP) is 15.6. The van der Waals surface area contributed by atoms with Crippen molar-refractivity contribution >= 4 is 36.3 Å². The van der Waals surface area contributed by atoms with Gasteiger partial charge in [0.2, 0.25) is 0 Å². The molecule has 20 nitrogen and oxygen atoms in total. The highest BCUT2D eigenvalue weighted by atomic mass is 16.6. The summed E-state index contributed by atoms with van der Waals surface area (Å²) in [5, 5.41) is 0. The maximum Gasteiger partial charge on any atom is 0.419 e. The molecule has 0 spiro atoms. The number of ether oxygens (including phenoxy) is 6. The molecule has 4 amide bonds. The topological polar surface area (TPSA) is 226 Å². The van der Waals surface area contributed by atoms with Crippen LogP contribution >= 0.6 is 0 Å². The van der Waals surface area contributed by atoms with Crippen molar-refractivity contribution in [2.75, 3.05) is 13.1 Å². The van der Waals surface area contributed by atoms with Crippen LogP contribution in [0.25, 0.3) is 11.6 Å². The van der Waals surface area contributed by atoms with Crippen molar-refractivity contribution in [3.05, 3.63) is 157 Å². The number of aromatic nitrogens is 6. The average molecular weight is 1270 g/mol. The molecule has 0 unspecified atom stereocenters. The van der Waals surface area contributed by atoms with Gasteiger partial charge in [-0.3, -0.25) is 18.7 Å². The first-order valence-corrected chi connectivity index (χ1v) is 32.2. The number of benzene rings is 2. The molecule has 0 saturated heterocycles. The third-order valence-electron chi connectivity index (χ3n) is 15.9. The molecule has 20 heteroatoms. The van der Waals surface area contributed by atoms with Gasteiger partial charge in [-0.25, -0.2) is 48.9 Å². The number of esters is 2. The standard InChI is InChI=1S/2C36H48N4O6/c2*1-9-15-26(22-40(32(42)45-34(3,4)5)33(43)46-35(6,7)8)20-28-21-36(28,31(41)44-25(2)27-16-11-10-12-17-27)29-23-39(24-38-29)30-18-13-14-19-37-30/h2*10-14,16-19,23-26,28H,9,15,20-22H2,1-8H3/t25-,26-,28+,36-;25-,26-,28-,36+/m11/s1. The van der Waals surface area contributed by atoms with Crippen LogP contribution in [0.5, 0.6) is 0 Å². The summed E-state index contributed by atoms with van der Waals surface area (Å²) in [6, 6.07) is 30.5. The Hall–Kier alpha value is -8.42. The van der Waals surface area contributed by atoms with Gasteiger partial charge >= 0.3 is 36.3 Å². The molecule has 0 aliphatic heterocycles. The lowest BCUT2D eigenvalue weighted by molar-refractivity contribution is -0.153. The van der Waals surface area contributed by atoms with Crippen LogP contribution in [-0.2, 0) is 48.8 Å². The molecule has 0 N–H and O–H groups in total. The van der Waals surface area contributed by atoms with Crippen LogP contribution in [0.3, 0.4) is 0 Å². The van der Waals surface area contributed by atoms with Crippen LogP contribution in [0.2, 0.25) is 0 Å². The summed E-state index contributed by atoms with van der Waals surface area (Å²) >= 11 is 0. The number of carbonyl (C=O) groups is 6. The third-order valence-corrected chi connectivity index (χ3v) is 15.9. The fourth-order valence-electron chi connectivity index (χ4n) is 11.5. The van der Waals surface area contributed by atoms with E-state index in [4.69, 9.17) is 38.4 Å². The number of pyridine rings is 2. The van der Waals surface area contributed by atoms with Crippen LogP contribution in [-0.4, -0.2) is 111 Å². The van der Waals surface area contributed by atoms with E-state index in [9.17, 15) is 28.8 Å². The molecule has 0 radical (unpaired) electrons.